The molecule has 2 rings (SSSR count). The number of aryl methyl sites for hydroxylation is 1. The molecule has 0 saturated carbocycles. The van der Waals surface area contributed by atoms with Gasteiger partial charge in [0.05, 0.1) is 12.2 Å². The molecule has 0 amide bonds. The second-order valence-electron chi connectivity index (χ2n) is 6.23. The lowest BCUT2D eigenvalue weighted by Gasteiger charge is -2.29. The molecule has 0 bridgehead atoms. The van der Waals surface area contributed by atoms with Crippen LogP contribution in [0.15, 0.2) is 18.2 Å². The van der Waals surface area contributed by atoms with Gasteiger partial charge in [0.15, 0.2) is 0 Å². The van der Waals surface area contributed by atoms with Gasteiger partial charge in [-0.25, -0.2) is 0 Å². The van der Waals surface area contributed by atoms with Crippen LogP contribution in [-0.2, 0) is 6.18 Å². The van der Waals surface area contributed by atoms with Gasteiger partial charge in [0.1, 0.15) is 5.75 Å². The molecular weight excluding hydrogens is 305 g/mol. The molecule has 1 heterocycles. The van der Waals surface area contributed by atoms with E-state index in [2.05, 4.69) is 17.3 Å². The van der Waals surface area contributed by atoms with Gasteiger partial charge in [-0.2, -0.15) is 13.2 Å². The highest BCUT2D eigenvalue weighted by atomic mass is 19.4. The van der Waals surface area contributed by atoms with Gasteiger partial charge < -0.3 is 15.0 Å². The Morgan fingerprint density at radius 3 is 2.61 bits per heavy atom. The highest BCUT2D eigenvalue weighted by Crippen LogP contribution is 2.36. The standard InChI is InChI=1S/C17H25F3N2O/c1-13-4-5-16(15(12-13)17(18,19)20)23-11-3-8-21-14-6-9-22(2)10-7-14/h4-5,12,14,21H,3,6-11H2,1-2H3. The fourth-order valence-electron chi connectivity index (χ4n) is 2.76. The molecule has 1 aromatic rings. The molecule has 1 saturated heterocycles. The van der Waals surface area contributed by atoms with E-state index in [1.54, 1.807) is 13.0 Å². The Morgan fingerprint density at radius 1 is 1.26 bits per heavy atom. The van der Waals surface area contributed by atoms with Crippen LogP contribution >= 0.6 is 0 Å². The van der Waals surface area contributed by atoms with Crippen molar-refractivity contribution in [3.8, 4) is 5.75 Å². The number of alkyl halides is 3. The van der Waals surface area contributed by atoms with E-state index < -0.39 is 11.7 Å². The zero-order chi connectivity index (χ0) is 16.9. The fraction of sp³-hybridized carbons (Fsp3) is 0.647. The normalized spacial score (nSPS) is 17.4. The molecule has 0 aliphatic carbocycles. The van der Waals surface area contributed by atoms with Crippen molar-refractivity contribution in [1.82, 2.24) is 10.2 Å². The van der Waals surface area contributed by atoms with Crippen molar-refractivity contribution in [2.24, 2.45) is 0 Å². The minimum Gasteiger partial charge on any atom is -0.493 e. The van der Waals surface area contributed by atoms with Crippen molar-refractivity contribution in [3.05, 3.63) is 29.3 Å². The number of nitrogens with zero attached hydrogens (tertiary/aromatic N) is 1. The minimum atomic E-state index is -4.38. The van der Waals surface area contributed by atoms with E-state index in [1.807, 2.05) is 0 Å². The maximum absolute atomic E-state index is 13.0. The number of halogens is 3. The monoisotopic (exact) mass is 330 g/mol. The first-order chi connectivity index (χ1) is 10.9. The van der Waals surface area contributed by atoms with Crippen LogP contribution in [0.1, 0.15) is 30.4 Å². The third-order valence-electron chi connectivity index (χ3n) is 4.17. The number of benzene rings is 1. The van der Waals surface area contributed by atoms with Crippen LogP contribution < -0.4 is 10.1 Å². The van der Waals surface area contributed by atoms with E-state index in [4.69, 9.17) is 4.74 Å². The first-order valence-corrected chi connectivity index (χ1v) is 8.09. The van der Waals surface area contributed by atoms with Crippen LogP contribution in [0.2, 0.25) is 0 Å². The summed E-state index contributed by atoms with van der Waals surface area (Å²) < 4.78 is 44.3. The molecular formula is C17H25F3N2O. The van der Waals surface area contributed by atoms with Gasteiger partial charge in [0.2, 0.25) is 0 Å². The summed E-state index contributed by atoms with van der Waals surface area (Å²) in [5.41, 5.74) is -0.116. The number of piperidine rings is 1. The molecule has 1 aliphatic heterocycles. The summed E-state index contributed by atoms with van der Waals surface area (Å²) in [5.74, 6) is -0.0811. The second kappa shape index (κ2) is 8.02. The highest BCUT2D eigenvalue weighted by Gasteiger charge is 2.34. The Bertz CT molecular complexity index is 497. The molecule has 6 heteroatoms. The fourth-order valence-corrected chi connectivity index (χ4v) is 2.76. The quantitative estimate of drug-likeness (QED) is 0.809. The van der Waals surface area contributed by atoms with Gasteiger partial charge >= 0.3 is 6.18 Å². The third kappa shape index (κ3) is 5.70. The average Bonchev–Trinajstić information content (AvgIpc) is 2.49. The molecule has 1 aliphatic rings. The van der Waals surface area contributed by atoms with Crippen LogP contribution in [0, 0.1) is 6.92 Å². The smallest absolute Gasteiger partial charge is 0.419 e. The predicted octanol–water partition coefficient (Wildman–Crippen LogP) is 3.47. The average molecular weight is 330 g/mol. The van der Waals surface area contributed by atoms with Crippen LogP contribution in [0.4, 0.5) is 13.2 Å². The topological polar surface area (TPSA) is 24.5 Å². The lowest BCUT2D eigenvalue weighted by molar-refractivity contribution is -0.139. The van der Waals surface area contributed by atoms with Crippen LogP contribution in [0.5, 0.6) is 5.75 Å². The zero-order valence-corrected chi connectivity index (χ0v) is 13.7. The summed E-state index contributed by atoms with van der Waals surface area (Å²) in [7, 11) is 2.11. The summed E-state index contributed by atoms with van der Waals surface area (Å²) in [6, 6.07) is 4.69. The Balaban J connectivity index is 1.74. The van der Waals surface area contributed by atoms with Gasteiger partial charge in [-0.1, -0.05) is 11.6 Å². The largest absolute Gasteiger partial charge is 0.493 e. The Labute approximate surface area is 135 Å². The van der Waals surface area contributed by atoms with Crippen LogP contribution in [-0.4, -0.2) is 44.2 Å². The molecule has 0 radical (unpaired) electrons. The van der Waals surface area contributed by atoms with E-state index in [1.165, 1.54) is 6.07 Å². The Hall–Kier alpha value is -1.27. The lowest BCUT2D eigenvalue weighted by atomic mass is 10.1. The van der Waals surface area contributed by atoms with Gasteiger partial charge in [-0.05, 0) is 65.0 Å². The number of hydrogen-bond acceptors (Lipinski definition) is 3. The number of hydrogen-bond donors (Lipinski definition) is 1. The number of likely N-dealkylation sites (tertiary alicyclic amines) is 1. The van der Waals surface area contributed by atoms with Gasteiger partial charge in [0.25, 0.3) is 0 Å². The summed E-state index contributed by atoms with van der Waals surface area (Å²) in [6.45, 7) is 4.87. The molecule has 1 fully saturated rings. The molecule has 0 spiro atoms. The summed E-state index contributed by atoms with van der Waals surface area (Å²) in [6.07, 6.45) is -1.45. The van der Waals surface area contributed by atoms with Gasteiger partial charge in [-0.15, -0.1) is 0 Å². The molecule has 1 aromatic carbocycles. The van der Waals surface area contributed by atoms with Crippen molar-refractivity contribution < 1.29 is 17.9 Å². The van der Waals surface area contributed by atoms with Crippen molar-refractivity contribution in [2.45, 2.75) is 38.4 Å². The van der Waals surface area contributed by atoms with Crippen LogP contribution in [0.25, 0.3) is 0 Å². The molecule has 0 atom stereocenters. The summed E-state index contributed by atoms with van der Waals surface area (Å²) in [5, 5.41) is 3.45. The van der Waals surface area contributed by atoms with E-state index in [0.717, 1.165) is 38.5 Å². The molecule has 3 nitrogen and oxygen atoms in total. The maximum Gasteiger partial charge on any atom is 0.419 e. The zero-order valence-electron chi connectivity index (χ0n) is 13.7. The first kappa shape index (κ1) is 18.1. The summed E-state index contributed by atoms with van der Waals surface area (Å²) in [4.78, 5) is 2.30. The summed E-state index contributed by atoms with van der Waals surface area (Å²) >= 11 is 0. The minimum absolute atomic E-state index is 0.0811. The predicted molar refractivity (Wildman–Crippen MR) is 84.8 cm³/mol. The number of ether oxygens (including phenoxy) is 1. The number of rotatable bonds is 6. The van der Waals surface area contributed by atoms with E-state index in [9.17, 15) is 13.2 Å². The highest BCUT2D eigenvalue weighted by molar-refractivity contribution is 5.38. The number of nitrogens with one attached hydrogen (secondary N) is 1. The van der Waals surface area contributed by atoms with Crippen molar-refractivity contribution in [2.75, 3.05) is 33.3 Å². The van der Waals surface area contributed by atoms with Crippen molar-refractivity contribution >= 4 is 0 Å². The molecule has 1 N–H and O–H groups in total. The second-order valence-corrected chi connectivity index (χ2v) is 6.23. The van der Waals surface area contributed by atoms with E-state index in [0.29, 0.717) is 18.0 Å². The Kier molecular flexibility index (Phi) is 6.30. The lowest BCUT2D eigenvalue weighted by Crippen LogP contribution is -2.41. The van der Waals surface area contributed by atoms with Crippen molar-refractivity contribution in [3.63, 3.8) is 0 Å². The molecule has 23 heavy (non-hydrogen) atoms. The first-order valence-electron chi connectivity index (χ1n) is 8.09. The molecule has 0 aromatic heterocycles. The Morgan fingerprint density at radius 2 is 1.96 bits per heavy atom. The molecule has 0 unspecified atom stereocenters. The van der Waals surface area contributed by atoms with Gasteiger partial charge in [-0.3, -0.25) is 0 Å². The van der Waals surface area contributed by atoms with Gasteiger partial charge in [0, 0.05) is 6.04 Å². The third-order valence-corrected chi connectivity index (χ3v) is 4.17. The van der Waals surface area contributed by atoms with Crippen molar-refractivity contribution in [1.29, 1.82) is 0 Å². The van der Waals surface area contributed by atoms with Crippen LogP contribution in [0.3, 0.4) is 0 Å². The SMILES string of the molecule is Cc1ccc(OCCCNC2CCN(C)CC2)c(C(F)(F)F)c1. The maximum atomic E-state index is 13.0. The van der Waals surface area contributed by atoms with E-state index in [-0.39, 0.29) is 12.4 Å². The molecule has 130 valence electrons. The van der Waals surface area contributed by atoms with E-state index >= 15 is 0 Å².